The molecule has 0 spiro atoms. The molecule has 1 atom stereocenters. The van der Waals surface area contributed by atoms with Crippen LogP contribution >= 0.6 is 0 Å². The van der Waals surface area contributed by atoms with Crippen LogP contribution in [0, 0.1) is 0 Å². The van der Waals surface area contributed by atoms with Crippen molar-refractivity contribution in [3.8, 4) is 0 Å². The van der Waals surface area contributed by atoms with Crippen molar-refractivity contribution >= 4 is 11.7 Å². The lowest BCUT2D eigenvalue weighted by molar-refractivity contribution is -0.119. The smallest absolute Gasteiger partial charge is 0.239 e. The van der Waals surface area contributed by atoms with Gasteiger partial charge in [0.2, 0.25) is 5.91 Å². The van der Waals surface area contributed by atoms with Crippen LogP contribution in [0.25, 0.3) is 0 Å². The Kier molecular flexibility index (Phi) is 6.19. The zero-order valence-electron chi connectivity index (χ0n) is 14.7. The minimum Gasteiger partial charge on any atom is -0.374 e. The second kappa shape index (κ2) is 8.77. The molecule has 1 unspecified atom stereocenters. The maximum Gasteiger partial charge on any atom is 0.239 e. The zero-order valence-corrected chi connectivity index (χ0v) is 14.7. The summed E-state index contributed by atoms with van der Waals surface area (Å²) in [4.78, 5) is 14.5. The maximum absolute atomic E-state index is 12.4. The van der Waals surface area contributed by atoms with E-state index in [2.05, 4.69) is 27.3 Å². The molecular weight excluding hydrogens is 320 g/mol. The molecule has 2 aromatic rings. The first kappa shape index (κ1) is 17.6. The molecule has 2 aromatic heterocycles. The molecule has 25 heavy (non-hydrogen) atoms. The van der Waals surface area contributed by atoms with Crippen molar-refractivity contribution < 1.29 is 9.53 Å². The number of nitrogens with one attached hydrogen (secondary N) is 1. The molecule has 1 aliphatic heterocycles. The molecule has 0 bridgehead atoms. The number of anilines is 1. The highest BCUT2D eigenvalue weighted by Crippen LogP contribution is 2.10. The second-order valence-corrected chi connectivity index (χ2v) is 6.30. The third kappa shape index (κ3) is 5.14. The van der Waals surface area contributed by atoms with E-state index in [1.165, 1.54) is 0 Å². The van der Waals surface area contributed by atoms with Crippen molar-refractivity contribution in [3.63, 3.8) is 0 Å². The molecule has 0 saturated carbocycles. The van der Waals surface area contributed by atoms with E-state index in [1.807, 2.05) is 27.7 Å². The van der Waals surface area contributed by atoms with Crippen LogP contribution in [0.2, 0.25) is 0 Å². The average Bonchev–Trinajstić information content (AvgIpc) is 3.25. The van der Waals surface area contributed by atoms with Crippen LogP contribution in [0.5, 0.6) is 0 Å². The van der Waals surface area contributed by atoms with E-state index < -0.39 is 0 Å². The Morgan fingerprint density at radius 3 is 3.12 bits per heavy atom. The summed E-state index contributed by atoms with van der Waals surface area (Å²) in [7, 11) is 0. The first-order valence-corrected chi connectivity index (χ1v) is 8.87. The van der Waals surface area contributed by atoms with Gasteiger partial charge >= 0.3 is 0 Å². The van der Waals surface area contributed by atoms with Gasteiger partial charge in [-0.25, -0.2) is 4.68 Å². The Morgan fingerprint density at radius 1 is 1.40 bits per heavy atom. The van der Waals surface area contributed by atoms with E-state index in [9.17, 15) is 4.79 Å². The van der Waals surface area contributed by atoms with Gasteiger partial charge in [-0.15, -0.1) is 0 Å². The number of hydrogen-bond acceptors (Lipinski definition) is 5. The Hall–Kier alpha value is -2.19. The number of carbonyl (C=O) groups is 1. The van der Waals surface area contributed by atoms with Gasteiger partial charge in [-0.3, -0.25) is 14.4 Å². The van der Waals surface area contributed by atoms with Crippen LogP contribution in [0.4, 0.5) is 5.82 Å². The van der Waals surface area contributed by atoms with Gasteiger partial charge in [-0.2, -0.15) is 10.2 Å². The molecule has 1 N–H and O–H groups in total. The summed E-state index contributed by atoms with van der Waals surface area (Å²) < 4.78 is 9.49. The molecule has 136 valence electrons. The molecule has 3 rings (SSSR count). The summed E-state index contributed by atoms with van der Waals surface area (Å²) in [5, 5.41) is 11.4. The van der Waals surface area contributed by atoms with Gasteiger partial charge in [0, 0.05) is 38.1 Å². The van der Waals surface area contributed by atoms with Crippen LogP contribution in [0.1, 0.15) is 19.8 Å². The van der Waals surface area contributed by atoms with Crippen LogP contribution in [0.15, 0.2) is 30.7 Å². The molecule has 8 heteroatoms. The van der Waals surface area contributed by atoms with E-state index in [1.54, 1.807) is 12.4 Å². The second-order valence-electron chi connectivity index (χ2n) is 6.30. The highest BCUT2D eigenvalue weighted by atomic mass is 16.5. The summed E-state index contributed by atoms with van der Waals surface area (Å²) in [6, 6.07) is 3.74. The lowest BCUT2D eigenvalue weighted by Gasteiger charge is -2.32. The minimum absolute atomic E-state index is 0.0158. The number of nitrogens with zero attached hydrogens (tertiary/aromatic N) is 5. The van der Waals surface area contributed by atoms with Gasteiger partial charge in [0.15, 0.2) is 0 Å². The highest BCUT2D eigenvalue weighted by Gasteiger charge is 2.23. The number of morpholine rings is 1. The number of aryl methyl sites for hydroxylation is 1. The summed E-state index contributed by atoms with van der Waals surface area (Å²) in [6.07, 6.45) is 7.60. The minimum atomic E-state index is -0.0158. The molecule has 0 aromatic carbocycles. The van der Waals surface area contributed by atoms with Crippen molar-refractivity contribution in [2.75, 3.05) is 31.6 Å². The molecule has 3 heterocycles. The van der Waals surface area contributed by atoms with E-state index >= 15 is 0 Å². The molecule has 1 saturated heterocycles. The lowest BCUT2D eigenvalue weighted by Crippen LogP contribution is -2.47. The van der Waals surface area contributed by atoms with Gasteiger partial charge in [0.05, 0.1) is 32.0 Å². The highest BCUT2D eigenvalue weighted by molar-refractivity contribution is 5.91. The number of aromatic nitrogens is 4. The van der Waals surface area contributed by atoms with Crippen LogP contribution < -0.4 is 5.32 Å². The maximum atomic E-state index is 12.4. The summed E-state index contributed by atoms with van der Waals surface area (Å²) in [6.45, 7) is 6.14. The van der Waals surface area contributed by atoms with Gasteiger partial charge < -0.3 is 10.1 Å². The standard InChI is InChI=1S/C17H26N6O2/c1-2-3-9-23-16(5-7-19-23)20-17(24)14-21-10-11-25-15(12-21)13-22-8-4-6-18-22/h4-8,15H,2-3,9-14H2,1H3,(H,20,24). The van der Waals surface area contributed by atoms with E-state index in [0.717, 1.165) is 38.3 Å². The van der Waals surface area contributed by atoms with Gasteiger partial charge in [-0.05, 0) is 12.5 Å². The first-order chi connectivity index (χ1) is 12.2. The number of hydrogen-bond donors (Lipinski definition) is 1. The number of carbonyl (C=O) groups excluding carboxylic acids is 1. The molecule has 8 nitrogen and oxygen atoms in total. The lowest BCUT2D eigenvalue weighted by atomic mass is 10.2. The molecular formula is C17H26N6O2. The molecule has 1 fully saturated rings. The van der Waals surface area contributed by atoms with E-state index in [0.29, 0.717) is 19.7 Å². The third-order valence-electron chi connectivity index (χ3n) is 4.25. The van der Waals surface area contributed by atoms with Crippen molar-refractivity contribution in [3.05, 3.63) is 30.7 Å². The fraction of sp³-hybridized carbons (Fsp3) is 0.588. The molecule has 1 aliphatic rings. The largest absolute Gasteiger partial charge is 0.374 e. The Balaban J connectivity index is 1.48. The van der Waals surface area contributed by atoms with Gasteiger partial charge in [0.25, 0.3) is 0 Å². The predicted molar refractivity (Wildman–Crippen MR) is 94.2 cm³/mol. The Morgan fingerprint density at radius 2 is 2.32 bits per heavy atom. The van der Waals surface area contributed by atoms with Gasteiger partial charge in [-0.1, -0.05) is 13.3 Å². The van der Waals surface area contributed by atoms with E-state index in [4.69, 9.17) is 4.74 Å². The predicted octanol–water partition coefficient (Wildman–Crippen LogP) is 1.22. The number of amides is 1. The quantitative estimate of drug-likeness (QED) is 0.778. The summed E-state index contributed by atoms with van der Waals surface area (Å²) in [5.41, 5.74) is 0. The van der Waals surface area contributed by atoms with Gasteiger partial charge in [0.1, 0.15) is 5.82 Å². The van der Waals surface area contributed by atoms with Crippen molar-refractivity contribution in [2.45, 2.75) is 39.0 Å². The number of ether oxygens (including phenoxy) is 1. The molecule has 0 radical (unpaired) electrons. The molecule has 0 aliphatic carbocycles. The SMILES string of the molecule is CCCCn1nccc1NC(=O)CN1CCOC(Cn2cccn2)C1. The normalized spacial score (nSPS) is 18.4. The van der Waals surface area contributed by atoms with Crippen molar-refractivity contribution in [2.24, 2.45) is 0 Å². The monoisotopic (exact) mass is 346 g/mol. The fourth-order valence-electron chi connectivity index (χ4n) is 2.96. The first-order valence-electron chi connectivity index (χ1n) is 8.87. The third-order valence-corrected chi connectivity index (χ3v) is 4.25. The Bertz CT molecular complexity index is 654. The Labute approximate surface area is 147 Å². The number of unbranched alkanes of at least 4 members (excludes halogenated alkanes) is 1. The average molecular weight is 346 g/mol. The van der Waals surface area contributed by atoms with Crippen molar-refractivity contribution in [1.82, 2.24) is 24.5 Å². The van der Waals surface area contributed by atoms with Crippen LogP contribution in [-0.4, -0.2) is 62.7 Å². The number of rotatable bonds is 8. The fourth-order valence-corrected chi connectivity index (χ4v) is 2.96. The van der Waals surface area contributed by atoms with Crippen molar-refractivity contribution in [1.29, 1.82) is 0 Å². The van der Waals surface area contributed by atoms with Crippen LogP contribution in [-0.2, 0) is 22.6 Å². The van der Waals surface area contributed by atoms with E-state index in [-0.39, 0.29) is 12.0 Å². The zero-order chi connectivity index (χ0) is 17.5. The molecule has 1 amide bonds. The summed E-state index contributed by atoms with van der Waals surface area (Å²) in [5.74, 6) is 0.748. The van der Waals surface area contributed by atoms with Crippen LogP contribution in [0.3, 0.4) is 0 Å². The summed E-state index contributed by atoms with van der Waals surface area (Å²) >= 11 is 0. The topological polar surface area (TPSA) is 77.2 Å².